The molecule has 0 fully saturated rings. The van der Waals surface area contributed by atoms with E-state index >= 15 is 0 Å². The summed E-state index contributed by atoms with van der Waals surface area (Å²) in [5, 5.41) is 2.03. The minimum Gasteiger partial charge on any atom is -0.378 e. The fourth-order valence-electron chi connectivity index (χ4n) is 1.86. The molecular formula is C15H17BrN2OS. The summed E-state index contributed by atoms with van der Waals surface area (Å²) in [6.07, 6.45) is 0. The number of thiophene rings is 1. The van der Waals surface area contributed by atoms with Gasteiger partial charge < -0.3 is 9.80 Å². The van der Waals surface area contributed by atoms with Crippen molar-refractivity contribution in [2.75, 3.05) is 26.0 Å². The van der Waals surface area contributed by atoms with Gasteiger partial charge in [-0.1, -0.05) is 0 Å². The number of benzene rings is 1. The summed E-state index contributed by atoms with van der Waals surface area (Å²) in [5.41, 5.74) is 1.81. The molecule has 20 heavy (non-hydrogen) atoms. The number of halogens is 1. The lowest BCUT2D eigenvalue weighted by Gasteiger charge is -2.17. The summed E-state index contributed by atoms with van der Waals surface area (Å²) >= 11 is 5.08. The average Bonchev–Trinajstić information content (AvgIpc) is 2.83. The smallest absolute Gasteiger partial charge is 0.253 e. The molecule has 0 saturated heterocycles. The zero-order chi connectivity index (χ0) is 14.7. The molecule has 106 valence electrons. The van der Waals surface area contributed by atoms with Crippen molar-refractivity contribution in [3.8, 4) is 0 Å². The van der Waals surface area contributed by atoms with Crippen LogP contribution in [0.25, 0.3) is 0 Å². The molecule has 0 unspecified atom stereocenters. The van der Waals surface area contributed by atoms with Crippen LogP contribution in [0.5, 0.6) is 0 Å². The first-order valence-corrected chi connectivity index (χ1v) is 7.90. The van der Waals surface area contributed by atoms with Crippen LogP contribution in [0.4, 0.5) is 5.69 Å². The quantitative estimate of drug-likeness (QED) is 0.834. The molecule has 0 bridgehead atoms. The van der Waals surface area contributed by atoms with Crippen molar-refractivity contribution >= 4 is 38.9 Å². The number of hydrogen-bond acceptors (Lipinski definition) is 3. The molecule has 3 nitrogen and oxygen atoms in total. The number of hydrogen-bond donors (Lipinski definition) is 0. The highest BCUT2D eigenvalue weighted by atomic mass is 79.9. The van der Waals surface area contributed by atoms with Crippen molar-refractivity contribution in [2.45, 2.75) is 6.54 Å². The molecule has 1 heterocycles. The van der Waals surface area contributed by atoms with Crippen LogP contribution in [0.15, 0.2) is 40.2 Å². The Bertz CT molecular complexity index is 592. The molecular weight excluding hydrogens is 336 g/mol. The number of anilines is 1. The van der Waals surface area contributed by atoms with Gasteiger partial charge in [0.2, 0.25) is 0 Å². The number of amides is 1. The van der Waals surface area contributed by atoms with E-state index in [1.54, 1.807) is 16.2 Å². The first kappa shape index (κ1) is 15.1. The van der Waals surface area contributed by atoms with Crippen LogP contribution < -0.4 is 4.90 Å². The van der Waals surface area contributed by atoms with E-state index in [0.29, 0.717) is 12.1 Å². The zero-order valence-electron chi connectivity index (χ0n) is 11.8. The Morgan fingerprint density at radius 3 is 2.35 bits per heavy atom. The summed E-state index contributed by atoms with van der Waals surface area (Å²) < 4.78 is 1.06. The maximum atomic E-state index is 12.3. The highest BCUT2D eigenvalue weighted by Gasteiger charge is 2.13. The first-order valence-electron chi connectivity index (χ1n) is 6.23. The second kappa shape index (κ2) is 6.41. The molecule has 0 N–H and O–H groups in total. The summed E-state index contributed by atoms with van der Waals surface area (Å²) in [6.45, 7) is 0.629. The van der Waals surface area contributed by atoms with Crippen molar-refractivity contribution in [3.05, 3.63) is 50.6 Å². The van der Waals surface area contributed by atoms with Crippen LogP contribution in [0.2, 0.25) is 0 Å². The molecule has 0 aliphatic rings. The summed E-state index contributed by atoms with van der Waals surface area (Å²) in [6, 6.07) is 9.71. The Kier molecular flexibility index (Phi) is 4.83. The van der Waals surface area contributed by atoms with Crippen LogP contribution in [0, 0.1) is 0 Å². The highest BCUT2D eigenvalue weighted by Crippen LogP contribution is 2.21. The Labute approximate surface area is 132 Å². The lowest BCUT2D eigenvalue weighted by molar-refractivity contribution is 0.0786. The Morgan fingerprint density at radius 2 is 1.85 bits per heavy atom. The number of rotatable bonds is 4. The lowest BCUT2D eigenvalue weighted by Crippen LogP contribution is -2.25. The van der Waals surface area contributed by atoms with E-state index in [2.05, 4.69) is 15.9 Å². The van der Waals surface area contributed by atoms with Crippen LogP contribution in [0.3, 0.4) is 0 Å². The average molecular weight is 353 g/mol. The van der Waals surface area contributed by atoms with Gasteiger partial charge in [0.25, 0.3) is 5.91 Å². The summed E-state index contributed by atoms with van der Waals surface area (Å²) in [7, 11) is 5.80. The van der Waals surface area contributed by atoms with Gasteiger partial charge in [-0.05, 0) is 46.3 Å². The van der Waals surface area contributed by atoms with E-state index in [4.69, 9.17) is 0 Å². The molecule has 2 aromatic rings. The zero-order valence-corrected chi connectivity index (χ0v) is 14.2. The molecule has 0 atom stereocenters. The Hall–Kier alpha value is -1.33. The molecule has 2 rings (SSSR count). The van der Waals surface area contributed by atoms with Gasteiger partial charge in [0.05, 0.1) is 6.54 Å². The number of nitrogens with zero attached hydrogens (tertiary/aromatic N) is 2. The lowest BCUT2D eigenvalue weighted by atomic mass is 10.1. The van der Waals surface area contributed by atoms with Crippen molar-refractivity contribution < 1.29 is 4.79 Å². The van der Waals surface area contributed by atoms with E-state index in [-0.39, 0.29) is 5.91 Å². The first-order chi connectivity index (χ1) is 9.47. The summed E-state index contributed by atoms with van der Waals surface area (Å²) in [5.74, 6) is 0.0415. The molecule has 1 amide bonds. The summed E-state index contributed by atoms with van der Waals surface area (Å²) in [4.78, 5) is 17.3. The minimum atomic E-state index is 0.0415. The largest absolute Gasteiger partial charge is 0.378 e. The number of carbonyl (C=O) groups excluding carboxylic acids is 1. The third-order valence-electron chi connectivity index (χ3n) is 2.99. The van der Waals surface area contributed by atoms with Gasteiger partial charge in [-0.2, -0.15) is 0 Å². The molecule has 5 heteroatoms. The van der Waals surface area contributed by atoms with Gasteiger partial charge in [0.1, 0.15) is 0 Å². The fraction of sp³-hybridized carbons (Fsp3) is 0.267. The van der Waals surface area contributed by atoms with E-state index < -0.39 is 0 Å². The Morgan fingerprint density at radius 1 is 1.20 bits per heavy atom. The van der Waals surface area contributed by atoms with Crippen molar-refractivity contribution in [3.63, 3.8) is 0 Å². The van der Waals surface area contributed by atoms with E-state index in [0.717, 1.165) is 15.0 Å². The molecule has 1 aromatic carbocycles. The van der Waals surface area contributed by atoms with E-state index in [1.165, 1.54) is 0 Å². The SMILES string of the molecule is CN(Cc1cc(Br)cs1)C(=O)c1ccc(N(C)C)cc1. The highest BCUT2D eigenvalue weighted by molar-refractivity contribution is 9.10. The predicted octanol–water partition coefficient (Wildman–Crippen LogP) is 3.85. The van der Waals surface area contributed by atoms with Crippen LogP contribution in [0.1, 0.15) is 15.2 Å². The topological polar surface area (TPSA) is 23.6 Å². The van der Waals surface area contributed by atoms with Gasteiger partial charge in [0.15, 0.2) is 0 Å². The fourth-order valence-corrected chi connectivity index (χ4v) is 3.37. The third kappa shape index (κ3) is 3.61. The van der Waals surface area contributed by atoms with Gasteiger partial charge in [0, 0.05) is 47.1 Å². The molecule has 0 radical (unpaired) electrons. The normalized spacial score (nSPS) is 10.4. The Balaban J connectivity index is 2.06. The molecule has 0 aliphatic carbocycles. The second-order valence-corrected chi connectivity index (χ2v) is 6.75. The van der Waals surface area contributed by atoms with Crippen LogP contribution in [-0.4, -0.2) is 32.0 Å². The molecule has 0 spiro atoms. The maximum absolute atomic E-state index is 12.3. The van der Waals surface area contributed by atoms with E-state index in [1.807, 2.05) is 61.8 Å². The van der Waals surface area contributed by atoms with Gasteiger partial charge in [-0.15, -0.1) is 11.3 Å². The van der Waals surface area contributed by atoms with Gasteiger partial charge >= 0.3 is 0 Å². The molecule has 0 saturated carbocycles. The molecule has 1 aromatic heterocycles. The predicted molar refractivity (Wildman–Crippen MR) is 88.6 cm³/mol. The van der Waals surface area contributed by atoms with Crippen molar-refractivity contribution in [2.24, 2.45) is 0 Å². The van der Waals surface area contributed by atoms with Gasteiger partial charge in [-0.3, -0.25) is 4.79 Å². The van der Waals surface area contributed by atoms with Crippen molar-refractivity contribution in [1.29, 1.82) is 0 Å². The van der Waals surface area contributed by atoms with Gasteiger partial charge in [-0.25, -0.2) is 0 Å². The minimum absolute atomic E-state index is 0.0415. The van der Waals surface area contributed by atoms with Crippen molar-refractivity contribution in [1.82, 2.24) is 4.90 Å². The standard InChI is InChI=1S/C15H17BrN2OS/c1-17(2)13-6-4-11(5-7-13)15(19)18(3)9-14-8-12(16)10-20-14/h4-8,10H,9H2,1-3H3. The third-order valence-corrected chi connectivity index (χ3v) is 4.67. The number of carbonyl (C=O) groups is 1. The van der Waals surface area contributed by atoms with Crippen LogP contribution in [-0.2, 0) is 6.54 Å². The molecule has 0 aliphatic heterocycles. The van der Waals surface area contributed by atoms with Crippen LogP contribution >= 0.6 is 27.3 Å². The monoisotopic (exact) mass is 352 g/mol. The maximum Gasteiger partial charge on any atom is 0.253 e. The van der Waals surface area contributed by atoms with E-state index in [9.17, 15) is 4.79 Å². The second-order valence-electron chi connectivity index (χ2n) is 4.83.